The molecule has 3 nitrogen and oxygen atoms in total. The van der Waals surface area contributed by atoms with E-state index in [1.807, 2.05) is 18.4 Å². The maximum atomic E-state index is 12.2. The molecule has 2 rings (SSSR count). The number of rotatable bonds is 3. The van der Waals surface area contributed by atoms with Gasteiger partial charge in [0.05, 0.1) is 7.11 Å². The van der Waals surface area contributed by atoms with Crippen molar-refractivity contribution in [3.05, 3.63) is 45.9 Å². The van der Waals surface area contributed by atoms with Gasteiger partial charge in [-0.1, -0.05) is 0 Å². The smallest absolute Gasteiger partial charge is 0.208 e. The summed E-state index contributed by atoms with van der Waals surface area (Å²) in [6.07, 6.45) is 3.27. The molecule has 0 N–H and O–H groups in total. The first kappa shape index (κ1) is 10.8. The molecule has 4 heteroatoms. The van der Waals surface area contributed by atoms with Gasteiger partial charge in [0.25, 0.3) is 0 Å². The molecule has 0 aromatic carbocycles. The summed E-state index contributed by atoms with van der Waals surface area (Å²) in [5, 5.41) is 1.85. The van der Waals surface area contributed by atoms with Crippen LogP contribution in [0.3, 0.4) is 0 Å². The molecule has 0 amide bonds. The first-order valence-corrected chi connectivity index (χ1v) is 5.69. The maximum absolute atomic E-state index is 12.2. The second kappa shape index (κ2) is 4.45. The zero-order valence-electron chi connectivity index (χ0n) is 9.06. The highest BCUT2D eigenvalue weighted by Gasteiger charge is 2.17. The van der Waals surface area contributed by atoms with E-state index in [0.717, 1.165) is 5.56 Å². The van der Waals surface area contributed by atoms with Gasteiger partial charge in [0.2, 0.25) is 5.78 Å². The van der Waals surface area contributed by atoms with E-state index in [1.165, 1.54) is 11.3 Å². The Kier molecular flexibility index (Phi) is 3.01. The monoisotopic (exact) mass is 233 g/mol. The zero-order valence-corrected chi connectivity index (χ0v) is 9.88. The molecule has 0 radical (unpaired) electrons. The van der Waals surface area contributed by atoms with Crippen LogP contribution in [-0.4, -0.2) is 17.9 Å². The number of hydrogen-bond donors (Lipinski definition) is 0. The molecule has 0 aliphatic heterocycles. The van der Waals surface area contributed by atoms with Gasteiger partial charge in [-0.3, -0.25) is 9.78 Å². The number of thiophene rings is 1. The predicted octanol–water partition coefficient (Wildman–Crippen LogP) is 2.69. The van der Waals surface area contributed by atoms with Gasteiger partial charge in [-0.05, 0) is 30.0 Å². The van der Waals surface area contributed by atoms with E-state index in [0.29, 0.717) is 16.2 Å². The minimum atomic E-state index is -0.0301. The van der Waals surface area contributed by atoms with Crippen LogP contribution in [0.4, 0.5) is 0 Å². The highest BCUT2D eigenvalue weighted by atomic mass is 32.1. The van der Waals surface area contributed by atoms with Gasteiger partial charge in [-0.2, -0.15) is 0 Å². The molecule has 0 bridgehead atoms. The summed E-state index contributed by atoms with van der Waals surface area (Å²) in [6.45, 7) is 1.90. The van der Waals surface area contributed by atoms with E-state index in [4.69, 9.17) is 4.74 Å². The van der Waals surface area contributed by atoms with Crippen LogP contribution in [0.1, 0.15) is 20.8 Å². The van der Waals surface area contributed by atoms with E-state index in [2.05, 4.69) is 4.98 Å². The standard InChI is InChI=1S/C12H11NO2S/c1-8-3-5-13-7-9(8)11(14)12-10(15-2)4-6-16-12/h3-7H,1-2H3. The average molecular weight is 233 g/mol. The Labute approximate surface area is 97.7 Å². The van der Waals surface area contributed by atoms with E-state index in [-0.39, 0.29) is 5.78 Å². The molecular weight excluding hydrogens is 222 g/mol. The number of aromatic nitrogens is 1. The summed E-state index contributed by atoms with van der Waals surface area (Å²) >= 11 is 1.38. The van der Waals surface area contributed by atoms with Crippen LogP contribution < -0.4 is 4.74 Å². The molecule has 0 aliphatic carbocycles. The minimum absolute atomic E-state index is 0.0301. The molecule has 0 spiro atoms. The molecule has 0 atom stereocenters. The van der Waals surface area contributed by atoms with Gasteiger partial charge in [0, 0.05) is 18.0 Å². The van der Waals surface area contributed by atoms with E-state index < -0.39 is 0 Å². The third-order valence-electron chi connectivity index (χ3n) is 2.34. The van der Waals surface area contributed by atoms with Crippen molar-refractivity contribution in [3.63, 3.8) is 0 Å². The summed E-state index contributed by atoms with van der Waals surface area (Å²) in [5.41, 5.74) is 1.55. The lowest BCUT2D eigenvalue weighted by atomic mass is 10.1. The van der Waals surface area contributed by atoms with Crippen LogP contribution in [-0.2, 0) is 0 Å². The predicted molar refractivity (Wildman–Crippen MR) is 63.3 cm³/mol. The molecule has 0 unspecified atom stereocenters. The molecule has 2 aromatic heterocycles. The molecule has 0 saturated carbocycles. The van der Waals surface area contributed by atoms with Crippen LogP contribution in [0.5, 0.6) is 5.75 Å². The van der Waals surface area contributed by atoms with Gasteiger partial charge < -0.3 is 4.74 Å². The van der Waals surface area contributed by atoms with Crippen molar-refractivity contribution in [2.24, 2.45) is 0 Å². The molecule has 16 heavy (non-hydrogen) atoms. The molecule has 0 aliphatic rings. The number of pyridine rings is 1. The molecule has 0 saturated heterocycles. The third kappa shape index (κ3) is 1.84. The summed E-state index contributed by atoms with van der Waals surface area (Å²) in [7, 11) is 1.56. The largest absolute Gasteiger partial charge is 0.495 e. The van der Waals surface area contributed by atoms with E-state index >= 15 is 0 Å². The van der Waals surface area contributed by atoms with Gasteiger partial charge in [0.1, 0.15) is 10.6 Å². The van der Waals surface area contributed by atoms with Crippen molar-refractivity contribution < 1.29 is 9.53 Å². The molecular formula is C12H11NO2S. The number of ketones is 1. The van der Waals surface area contributed by atoms with Crippen molar-refractivity contribution >= 4 is 17.1 Å². The Balaban J connectivity index is 2.44. The van der Waals surface area contributed by atoms with Gasteiger partial charge in [-0.15, -0.1) is 11.3 Å². The number of nitrogens with zero attached hydrogens (tertiary/aromatic N) is 1. The number of carbonyl (C=O) groups is 1. The molecule has 2 heterocycles. The fourth-order valence-corrected chi connectivity index (χ4v) is 2.26. The first-order valence-electron chi connectivity index (χ1n) is 4.81. The molecule has 82 valence electrons. The van der Waals surface area contributed by atoms with Gasteiger partial charge in [-0.25, -0.2) is 0 Å². The summed E-state index contributed by atoms with van der Waals surface area (Å²) < 4.78 is 5.14. The Hall–Kier alpha value is -1.68. The normalized spacial score (nSPS) is 10.1. The zero-order chi connectivity index (χ0) is 11.5. The van der Waals surface area contributed by atoms with Gasteiger partial charge >= 0.3 is 0 Å². The molecule has 0 fully saturated rings. The second-order valence-electron chi connectivity index (χ2n) is 3.34. The summed E-state index contributed by atoms with van der Waals surface area (Å²) in [4.78, 5) is 16.8. The fraction of sp³-hybridized carbons (Fsp3) is 0.167. The Bertz CT molecular complexity index is 519. The Morgan fingerprint density at radius 3 is 2.94 bits per heavy atom. The molecule has 2 aromatic rings. The number of carbonyl (C=O) groups excluding carboxylic acids is 1. The number of ether oxygens (including phenoxy) is 1. The lowest BCUT2D eigenvalue weighted by Crippen LogP contribution is -2.03. The van der Waals surface area contributed by atoms with Crippen LogP contribution in [0, 0.1) is 6.92 Å². The van der Waals surface area contributed by atoms with E-state index in [1.54, 1.807) is 25.6 Å². The highest BCUT2D eigenvalue weighted by molar-refractivity contribution is 7.12. The minimum Gasteiger partial charge on any atom is -0.495 e. The Morgan fingerprint density at radius 2 is 2.25 bits per heavy atom. The topological polar surface area (TPSA) is 39.2 Å². The van der Waals surface area contributed by atoms with Crippen molar-refractivity contribution in [2.75, 3.05) is 7.11 Å². The van der Waals surface area contributed by atoms with Crippen molar-refractivity contribution in [3.8, 4) is 5.75 Å². The fourth-order valence-electron chi connectivity index (χ4n) is 1.45. The lowest BCUT2D eigenvalue weighted by Gasteiger charge is -2.04. The van der Waals surface area contributed by atoms with Crippen molar-refractivity contribution in [2.45, 2.75) is 6.92 Å². The van der Waals surface area contributed by atoms with Crippen LogP contribution in [0.15, 0.2) is 29.9 Å². The van der Waals surface area contributed by atoms with Crippen molar-refractivity contribution in [1.82, 2.24) is 4.98 Å². The van der Waals surface area contributed by atoms with Gasteiger partial charge in [0.15, 0.2) is 0 Å². The van der Waals surface area contributed by atoms with E-state index in [9.17, 15) is 4.79 Å². The number of hydrogen-bond acceptors (Lipinski definition) is 4. The quantitative estimate of drug-likeness (QED) is 0.765. The SMILES string of the molecule is COc1ccsc1C(=O)c1cnccc1C. The Morgan fingerprint density at radius 1 is 1.44 bits per heavy atom. The van der Waals surface area contributed by atoms with Crippen LogP contribution in [0.25, 0.3) is 0 Å². The van der Waals surface area contributed by atoms with Crippen molar-refractivity contribution in [1.29, 1.82) is 0 Å². The summed E-state index contributed by atoms with van der Waals surface area (Å²) in [5.74, 6) is 0.593. The summed E-state index contributed by atoms with van der Waals surface area (Å²) in [6, 6.07) is 3.62. The highest BCUT2D eigenvalue weighted by Crippen LogP contribution is 2.27. The van der Waals surface area contributed by atoms with Crippen LogP contribution >= 0.6 is 11.3 Å². The third-order valence-corrected chi connectivity index (χ3v) is 3.23. The second-order valence-corrected chi connectivity index (χ2v) is 4.25. The lowest BCUT2D eigenvalue weighted by molar-refractivity contribution is 0.103. The average Bonchev–Trinajstić information content (AvgIpc) is 2.77. The number of methoxy groups -OCH3 is 1. The maximum Gasteiger partial charge on any atom is 0.208 e. The van der Waals surface area contributed by atoms with Crippen LogP contribution in [0.2, 0.25) is 0 Å². The number of aryl methyl sites for hydroxylation is 1. The first-order chi connectivity index (χ1) is 7.74.